The molecule has 7 heteroatoms. The number of ether oxygens (including phenoxy) is 1. The van der Waals surface area contributed by atoms with Crippen LogP contribution in [0.2, 0.25) is 0 Å². The van der Waals surface area contributed by atoms with Crippen molar-refractivity contribution in [3.05, 3.63) is 22.4 Å². The molecule has 1 atom stereocenters. The number of carbonyl (C=O) groups is 1. The van der Waals surface area contributed by atoms with Crippen molar-refractivity contribution < 1.29 is 17.9 Å². The van der Waals surface area contributed by atoms with Gasteiger partial charge in [0, 0.05) is 13.0 Å². The Balaban J connectivity index is 1.76. The summed E-state index contributed by atoms with van der Waals surface area (Å²) < 4.78 is 31.2. The fraction of sp³-hybridized carbons (Fsp3) is 0.615. The number of thiophene rings is 1. The molecule has 5 nitrogen and oxygen atoms in total. The standard InChI is InChI=1S/C13H19NO4S2/c15-13(5-4-11-6-8-19-9-11)14-20(16,17)10-12-3-1-2-7-18-12/h6,8-9,12H,1-5,7,10H2,(H,14,15)/t12-/m1/s1. The van der Waals surface area contributed by atoms with Gasteiger partial charge in [-0.2, -0.15) is 11.3 Å². The van der Waals surface area contributed by atoms with Gasteiger partial charge in [-0.05, 0) is 48.1 Å². The summed E-state index contributed by atoms with van der Waals surface area (Å²) in [6.07, 6.45) is 3.15. The average Bonchev–Trinajstić information content (AvgIpc) is 2.89. The first kappa shape index (κ1) is 15.5. The van der Waals surface area contributed by atoms with Crippen LogP contribution in [0, 0.1) is 0 Å². The van der Waals surface area contributed by atoms with Crippen molar-refractivity contribution in [2.45, 2.75) is 38.2 Å². The van der Waals surface area contributed by atoms with Crippen molar-refractivity contribution >= 4 is 27.3 Å². The summed E-state index contributed by atoms with van der Waals surface area (Å²) >= 11 is 1.56. The predicted octanol–water partition coefficient (Wildman–Crippen LogP) is 1.70. The van der Waals surface area contributed by atoms with Crippen LogP contribution in [0.3, 0.4) is 0 Å². The number of aryl methyl sites for hydroxylation is 1. The van der Waals surface area contributed by atoms with Gasteiger partial charge in [0.15, 0.2) is 0 Å². The van der Waals surface area contributed by atoms with E-state index in [-0.39, 0.29) is 18.3 Å². The number of sulfonamides is 1. The van der Waals surface area contributed by atoms with Crippen LogP contribution in [0.15, 0.2) is 16.8 Å². The number of nitrogens with one attached hydrogen (secondary N) is 1. The predicted molar refractivity (Wildman–Crippen MR) is 78.2 cm³/mol. The van der Waals surface area contributed by atoms with Gasteiger partial charge in [-0.15, -0.1) is 0 Å². The smallest absolute Gasteiger partial charge is 0.237 e. The summed E-state index contributed by atoms with van der Waals surface area (Å²) in [4.78, 5) is 11.7. The molecule has 20 heavy (non-hydrogen) atoms. The van der Waals surface area contributed by atoms with Gasteiger partial charge in [-0.3, -0.25) is 9.52 Å². The molecule has 1 fully saturated rings. The molecular formula is C13H19NO4S2. The Morgan fingerprint density at radius 3 is 2.95 bits per heavy atom. The van der Waals surface area contributed by atoms with Crippen LogP contribution in [-0.4, -0.2) is 32.8 Å². The Bertz CT molecular complexity index is 519. The van der Waals surface area contributed by atoms with Gasteiger partial charge < -0.3 is 4.74 Å². The lowest BCUT2D eigenvalue weighted by Gasteiger charge is -2.22. The molecule has 1 aliphatic heterocycles. The maximum Gasteiger partial charge on any atom is 0.237 e. The highest BCUT2D eigenvalue weighted by Crippen LogP contribution is 2.14. The van der Waals surface area contributed by atoms with Crippen LogP contribution in [0.5, 0.6) is 0 Å². The molecule has 0 saturated carbocycles. The molecule has 1 saturated heterocycles. The number of carbonyl (C=O) groups excluding carboxylic acids is 1. The van der Waals surface area contributed by atoms with Gasteiger partial charge >= 0.3 is 0 Å². The number of rotatable bonds is 6. The maximum absolute atomic E-state index is 11.9. The third-order valence-electron chi connectivity index (χ3n) is 3.17. The molecule has 0 aromatic carbocycles. The molecule has 0 radical (unpaired) electrons. The van der Waals surface area contributed by atoms with E-state index in [1.54, 1.807) is 11.3 Å². The Labute approximate surface area is 123 Å². The lowest BCUT2D eigenvalue weighted by atomic mass is 10.1. The van der Waals surface area contributed by atoms with Crippen LogP contribution in [0.25, 0.3) is 0 Å². The van der Waals surface area contributed by atoms with Gasteiger partial charge in [0.05, 0.1) is 11.9 Å². The first-order valence-electron chi connectivity index (χ1n) is 6.71. The lowest BCUT2D eigenvalue weighted by molar-refractivity contribution is -0.119. The van der Waals surface area contributed by atoms with E-state index in [4.69, 9.17) is 4.74 Å². The van der Waals surface area contributed by atoms with E-state index >= 15 is 0 Å². The topological polar surface area (TPSA) is 72.5 Å². The van der Waals surface area contributed by atoms with Crippen molar-refractivity contribution in [2.75, 3.05) is 12.4 Å². The summed E-state index contributed by atoms with van der Waals surface area (Å²) in [7, 11) is -3.59. The van der Waals surface area contributed by atoms with E-state index in [1.807, 2.05) is 16.8 Å². The zero-order valence-electron chi connectivity index (χ0n) is 11.2. The van der Waals surface area contributed by atoms with Gasteiger partial charge in [-0.25, -0.2) is 8.42 Å². The van der Waals surface area contributed by atoms with E-state index in [1.165, 1.54) is 0 Å². The third kappa shape index (κ3) is 5.22. The molecule has 1 aromatic heterocycles. The second-order valence-electron chi connectivity index (χ2n) is 4.93. The van der Waals surface area contributed by atoms with Crippen molar-refractivity contribution in [2.24, 2.45) is 0 Å². The lowest BCUT2D eigenvalue weighted by Crippen LogP contribution is -2.38. The largest absolute Gasteiger partial charge is 0.377 e. The summed E-state index contributed by atoms with van der Waals surface area (Å²) in [6, 6.07) is 1.93. The first-order valence-corrected chi connectivity index (χ1v) is 9.31. The summed E-state index contributed by atoms with van der Waals surface area (Å²) in [5.74, 6) is -0.580. The van der Waals surface area contributed by atoms with Crippen LogP contribution >= 0.6 is 11.3 Å². The molecule has 1 aliphatic rings. The molecule has 0 aliphatic carbocycles. The van der Waals surface area contributed by atoms with Crippen LogP contribution in [0.1, 0.15) is 31.2 Å². The van der Waals surface area contributed by atoms with Crippen molar-refractivity contribution in [3.8, 4) is 0 Å². The summed E-state index contributed by atoms with van der Waals surface area (Å²) in [5.41, 5.74) is 1.05. The maximum atomic E-state index is 11.9. The molecule has 112 valence electrons. The van der Waals surface area contributed by atoms with Gasteiger partial charge in [0.2, 0.25) is 15.9 Å². The molecular weight excluding hydrogens is 298 g/mol. The zero-order chi connectivity index (χ0) is 14.4. The highest BCUT2D eigenvalue weighted by molar-refractivity contribution is 7.90. The minimum Gasteiger partial charge on any atom is -0.377 e. The fourth-order valence-electron chi connectivity index (χ4n) is 2.14. The van der Waals surface area contributed by atoms with E-state index in [0.29, 0.717) is 13.0 Å². The van der Waals surface area contributed by atoms with Gasteiger partial charge in [0.25, 0.3) is 0 Å². The molecule has 2 heterocycles. The van der Waals surface area contributed by atoms with E-state index in [2.05, 4.69) is 4.72 Å². The highest BCUT2D eigenvalue weighted by Gasteiger charge is 2.23. The molecule has 0 spiro atoms. The molecule has 0 unspecified atom stereocenters. The van der Waals surface area contributed by atoms with Gasteiger partial charge in [0.1, 0.15) is 0 Å². The number of hydrogen-bond acceptors (Lipinski definition) is 5. The average molecular weight is 317 g/mol. The summed E-state index contributed by atoms with van der Waals surface area (Å²) in [5, 5.41) is 3.89. The molecule has 1 aromatic rings. The Morgan fingerprint density at radius 1 is 1.45 bits per heavy atom. The summed E-state index contributed by atoms with van der Waals surface area (Å²) in [6.45, 7) is 0.603. The van der Waals surface area contributed by atoms with E-state index in [0.717, 1.165) is 24.8 Å². The fourth-order valence-corrected chi connectivity index (χ4v) is 4.13. The normalized spacial score (nSPS) is 19.7. The second-order valence-corrected chi connectivity index (χ2v) is 7.47. The Morgan fingerprint density at radius 2 is 2.30 bits per heavy atom. The SMILES string of the molecule is O=C(CCc1ccsc1)NS(=O)(=O)C[C@H]1CCCCO1. The number of hydrogen-bond donors (Lipinski definition) is 1. The van der Waals surface area contributed by atoms with E-state index < -0.39 is 15.9 Å². The first-order chi connectivity index (χ1) is 9.55. The molecule has 1 amide bonds. The Kier molecular flexibility index (Phi) is 5.56. The molecule has 0 bridgehead atoms. The van der Waals surface area contributed by atoms with Crippen LogP contribution < -0.4 is 4.72 Å². The Hall–Kier alpha value is -0.920. The molecule has 1 N–H and O–H groups in total. The van der Waals surface area contributed by atoms with Crippen molar-refractivity contribution in [1.82, 2.24) is 4.72 Å². The van der Waals surface area contributed by atoms with Gasteiger partial charge in [-0.1, -0.05) is 0 Å². The number of amides is 1. The molecule has 2 rings (SSSR count). The minimum absolute atomic E-state index is 0.128. The van der Waals surface area contributed by atoms with Crippen LogP contribution in [-0.2, 0) is 26.0 Å². The minimum atomic E-state index is -3.59. The van der Waals surface area contributed by atoms with Crippen LogP contribution in [0.4, 0.5) is 0 Å². The second kappa shape index (κ2) is 7.19. The quantitative estimate of drug-likeness (QED) is 0.867. The van der Waals surface area contributed by atoms with E-state index in [9.17, 15) is 13.2 Å². The zero-order valence-corrected chi connectivity index (χ0v) is 12.8. The third-order valence-corrected chi connectivity index (χ3v) is 5.25. The van der Waals surface area contributed by atoms with Crippen molar-refractivity contribution in [1.29, 1.82) is 0 Å². The monoisotopic (exact) mass is 317 g/mol. The highest BCUT2D eigenvalue weighted by atomic mass is 32.2. The van der Waals surface area contributed by atoms with Crippen molar-refractivity contribution in [3.63, 3.8) is 0 Å².